The lowest BCUT2D eigenvalue weighted by Crippen LogP contribution is -2.27. The maximum absolute atomic E-state index is 12.2. The van der Waals surface area contributed by atoms with Crippen molar-refractivity contribution in [3.63, 3.8) is 0 Å². The Balaban J connectivity index is 1.96. The fourth-order valence-electron chi connectivity index (χ4n) is 2.49. The number of sulfonamides is 1. The van der Waals surface area contributed by atoms with Gasteiger partial charge in [-0.25, -0.2) is 13.1 Å². The lowest BCUT2D eigenvalue weighted by atomic mass is 10.1. The van der Waals surface area contributed by atoms with Crippen LogP contribution in [0.25, 0.3) is 0 Å². The number of benzene rings is 1. The van der Waals surface area contributed by atoms with Crippen molar-refractivity contribution in [2.45, 2.75) is 50.0 Å². The summed E-state index contributed by atoms with van der Waals surface area (Å²) in [5, 5.41) is 0. The number of nitrogens with one attached hydrogen (secondary N) is 1. The number of hydrogen-bond acceptors (Lipinski definition) is 3. The van der Waals surface area contributed by atoms with Gasteiger partial charge in [0.05, 0.1) is 4.90 Å². The summed E-state index contributed by atoms with van der Waals surface area (Å²) in [6.07, 6.45) is 5.00. The summed E-state index contributed by atoms with van der Waals surface area (Å²) in [6, 6.07) is 7.26. The molecule has 5 heteroatoms. The van der Waals surface area contributed by atoms with Gasteiger partial charge in [-0.15, -0.1) is 0 Å². The molecule has 2 rings (SSSR count). The van der Waals surface area contributed by atoms with Gasteiger partial charge in [0.2, 0.25) is 10.0 Å². The fourth-order valence-corrected chi connectivity index (χ4v) is 3.81. The molecule has 4 nitrogen and oxygen atoms in total. The molecule has 0 aromatic heterocycles. The van der Waals surface area contributed by atoms with E-state index in [1.165, 1.54) is 0 Å². The van der Waals surface area contributed by atoms with Crippen molar-refractivity contribution in [1.29, 1.82) is 0 Å². The van der Waals surface area contributed by atoms with Crippen LogP contribution in [0.5, 0.6) is 0 Å². The summed E-state index contributed by atoms with van der Waals surface area (Å²) < 4.78 is 27.2. The molecule has 1 aromatic carbocycles. The Morgan fingerprint density at radius 3 is 2.60 bits per heavy atom. The van der Waals surface area contributed by atoms with E-state index >= 15 is 0 Å². The molecule has 0 bridgehead atoms. The van der Waals surface area contributed by atoms with E-state index in [9.17, 15) is 8.42 Å². The minimum Gasteiger partial charge on any atom is -0.330 e. The van der Waals surface area contributed by atoms with E-state index in [0.29, 0.717) is 17.4 Å². The Labute approximate surface area is 121 Å². The minimum atomic E-state index is -3.36. The maximum atomic E-state index is 12.2. The zero-order valence-corrected chi connectivity index (χ0v) is 12.8. The van der Waals surface area contributed by atoms with E-state index in [4.69, 9.17) is 5.73 Å². The van der Waals surface area contributed by atoms with Crippen LogP contribution < -0.4 is 10.5 Å². The molecule has 3 N–H and O–H groups in total. The lowest BCUT2D eigenvalue weighted by molar-refractivity contribution is 0.573. The molecule has 0 amide bonds. The number of aryl methyl sites for hydroxylation is 1. The molecule has 1 aliphatic rings. The highest BCUT2D eigenvalue weighted by Gasteiger charge is 2.39. The van der Waals surface area contributed by atoms with Gasteiger partial charge in [-0.3, -0.25) is 0 Å². The monoisotopic (exact) mass is 296 g/mol. The van der Waals surface area contributed by atoms with Gasteiger partial charge >= 0.3 is 0 Å². The number of hydrogen-bond donors (Lipinski definition) is 2. The molecule has 20 heavy (non-hydrogen) atoms. The third-order valence-electron chi connectivity index (χ3n) is 3.79. The second-order valence-corrected chi connectivity index (χ2v) is 7.26. The summed E-state index contributed by atoms with van der Waals surface area (Å²) in [6.45, 7) is 2.78. The fraction of sp³-hybridized carbons (Fsp3) is 0.600. The predicted molar refractivity (Wildman–Crippen MR) is 80.9 cm³/mol. The van der Waals surface area contributed by atoms with Crippen LogP contribution in [0.4, 0.5) is 0 Å². The molecule has 0 saturated heterocycles. The van der Waals surface area contributed by atoms with Crippen molar-refractivity contribution in [3.05, 3.63) is 29.8 Å². The first-order chi connectivity index (χ1) is 9.56. The Morgan fingerprint density at radius 2 is 2.00 bits per heavy atom. The van der Waals surface area contributed by atoms with Gasteiger partial charge in [-0.1, -0.05) is 25.5 Å². The predicted octanol–water partition coefficient (Wildman–Crippen LogP) is 2.04. The average molecular weight is 296 g/mol. The highest BCUT2D eigenvalue weighted by Crippen LogP contribution is 2.35. The van der Waals surface area contributed by atoms with Crippen LogP contribution in [0, 0.1) is 5.92 Å². The SMILES string of the molecule is CCCC1CC1NS(=O)(=O)c1ccc(CCCN)cc1. The lowest BCUT2D eigenvalue weighted by Gasteiger charge is -2.07. The third-order valence-corrected chi connectivity index (χ3v) is 5.30. The van der Waals surface area contributed by atoms with Gasteiger partial charge in [0.1, 0.15) is 0 Å². The van der Waals surface area contributed by atoms with Crippen molar-refractivity contribution in [1.82, 2.24) is 4.72 Å². The van der Waals surface area contributed by atoms with Gasteiger partial charge < -0.3 is 5.73 Å². The van der Waals surface area contributed by atoms with Crippen molar-refractivity contribution in [2.75, 3.05) is 6.54 Å². The molecule has 0 radical (unpaired) electrons. The Morgan fingerprint density at radius 1 is 1.30 bits per heavy atom. The summed E-state index contributed by atoms with van der Waals surface area (Å²) in [5.74, 6) is 0.526. The largest absolute Gasteiger partial charge is 0.330 e. The number of rotatable bonds is 8. The maximum Gasteiger partial charge on any atom is 0.240 e. The average Bonchev–Trinajstić information content (AvgIpc) is 3.14. The van der Waals surface area contributed by atoms with Crippen LogP contribution in [0.1, 0.15) is 38.2 Å². The second-order valence-electron chi connectivity index (χ2n) is 5.55. The highest BCUT2D eigenvalue weighted by molar-refractivity contribution is 7.89. The van der Waals surface area contributed by atoms with Crippen LogP contribution in [-0.2, 0) is 16.4 Å². The summed E-state index contributed by atoms with van der Waals surface area (Å²) >= 11 is 0. The van der Waals surface area contributed by atoms with E-state index in [1.54, 1.807) is 12.1 Å². The molecule has 2 atom stereocenters. The van der Waals surface area contributed by atoms with Crippen molar-refractivity contribution < 1.29 is 8.42 Å². The molecule has 1 saturated carbocycles. The molecule has 0 heterocycles. The van der Waals surface area contributed by atoms with Crippen LogP contribution in [0.2, 0.25) is 0 Å². The van der Waals surface area contributed by atoms with Crippen molar-refractivity contribution >= 4 is 10.0 Å². The zero-order chi connectivity index (χ0) is 14.6. The van der Waals surface area contributed by atoms with Gasteiger partial charge in [-0.2, -0.15) is 0 Å². The van der Waals surface area contributed by atoms with E-state index < -0.39 is 10.0 Å². The molecule has 1 aliphatic carbocycles. The molecule has 1 fully saturated rings. The van der Waals surface area contributed by atoms with Gasteiger partial charge in [0.25, 0.3) is 0 Å². The first kappa shape index (κ1) is 15.5. The van der Waals surface area contributed by atoms with Crippen molar-refractivity contribution in [3.8, 4) is 0 Å². The molecule has 112 valence electrons. The quantitative estimate of drug-likeness (QED) is 0.771. The zero-order valence-electron chi connectivity index (χ0n) is 12.0. The first-order valence-corrected chi connectivity index (χ1v) is 8.86. The third kappa shape index (κ3) is 4.04. The van der Waals surface area contributed by atoms with E-state index in [-0.39, 0.29) is 6.04 Å². The van der Waals surface area contributed by atoms with Crippen LogP contribution in [-0.4, -0.2) is 21.0 Å². The van der Waals surface area contributed by atoms with Gasteiger partial charge in [-0.05, 0) is 55.8 Å². The standard InChI is InChI=1S/C15H24N2O2S/c1-2-4-13-11-15(13)17-20(18,19)14-8-6-12(7-9-14)5-3-10-16/h6-9,13,15,17H,2-5,10-11,16H2,1H3. The smallest absolute Gasteiger partial charge is 0.240 e. The highest BCUT2D eigenvalue weighted by atomic mass is 32.2. The first-order valence-electron chi connectivity index (χ1n) is 7.38. The molecular formula is C15H24N2O2S. The Bertz CT molecular complexity index is 525. The molecular weight excluding hydrogens is 272 g/mol. The van der Waals surface area contributed by atoms with Crippen LogP contribution in [0.3, 0.4) is 0 Å². The van der Waals surface area contributed by atoms with Crippen molar-refractivity contribution in [2.24, 2.45) is 11.7 Å². The molecule has 0 spiro atoms. The second kappa shape index (κ2) is 6.70. The van der Waals surface area contributed by atoms with E-state index in [2.05, 4.69) is 11.6 Å². The van der Waals surface area contributed by atoms with E-state index in [0.717, 1.165) is 37.7 Å². The Kier molecular flexibility index (Phi) is 5.18. The molecule has 1 aromatic rings. The number of nitrogens with two attached hydrogens (primary N) is 1. The normalized spacial score (nSPS) is 21.9. The van der Waals surface area contributed by atoms with Crippen LogP contribution >= 0.6 is 0 Å². The summed E-state index contributed by atoms with van der Waals surface area (Å²) in [4.78, 5) is 0.358. The van der Waals surface area contributed by atoms with E-state index in [1.807, 2.05) is 12.1 Å². The summed E-state index contributed by atoms with van der Waals surface area (Å²) in [5.41, 5.74) is 6.60. The summed E-state index contributed by atoms with van der Waals surface area (Å²) in [7, 11) is -3.36. The van der Waals surface area contributed by atoms with Crippen LogP contribution in [0.15, 0.2) is 29.2 Å². The Hall–Kier alpha value is -0.910. The molecule has 0 aliphatic heterocycles. The molecule has 2 unspecified atom stereocenters. The van der Waals surface area contributed by atoms with Gasteiger partial charge in [0, 0.05) is 6.04 Å². The van der Waals surface area contributed by atoms with Gasteiger partial charge in [0.15, 0.2) is 0 Å². The minimum absolute atomic E-state index is 0.136. The topological polar surface area (TPSA) is 72.2 Å².